The Morgan fingerprint density at radius 3 is 2.42 bits per heavy atom. The number of thiophene rings is 1. The molecule has 2 rings (SSSR count). The highest BCUT2D eigenvalue weighted by Gasteiger charge is 2.24. The summed E-state index contributed by atoms with van der Waals surface area (Å²) >= 11 is 1.74. The van der Waals surface area contributed by atoms with Gasteiger partial charge < -0.3 is 20.3 Å². The third-order valence-electron chi connectivity index (χ3n) is 3.80. The summed E-state index contributed by atoms with van der Waals surface area (Å²) in [6.07, 6.45) is 3.24. The topological polar surface area (TPSA) is 102 Å². The van der Waals surface area contributed by atoms with E-state index in [0.717, 1.165) is 25.0 Å². The molecule has 0 aliphatic heterocycles. The molecule has 0 bridgehead atoms. The van der Waals surface area contributed by atoms with Crippen LogP contribution in [0.5, 0.6) is 5.75 Å². The average molecular weight is 399 g/mol. The molecular weight excluding hydrogens is 373 g/mol. The Hall–Kier alpha value is -1.21. The van der Waals surface area contributed by atoms with Gasteiger partial charge in [-0.3, -0.25) is 4.52 Å². The molecule has 0 aliphatic rings. The van der Waals surface area contributed by atoms with Crippen LogP contribution in [-0.2, 0) is 21.9 Å². The lowest BCUT2D eigenvalue weighted by molar-refractivity contribution is 0.154. The number of hydrogen-bond acceptors (Lipinski definition) is 5. The lowest BCUT2D eigenvalue weighted by Crippen LogP contribution is -2.41. The molecule has 8 heteroatoms. The number of phosphoric ester groups is 1. The number of hydrogen-bond donors (Lipinski definition) is 3. The van der Waals surface area contributed by atoms with Crippen LogP contribution in [0.25, 0.3) is 0 Å². The molecule has 0 amide bonds. The second kappa shape index (κ2) is 9.65. The van der Waals surface area contributed by atoms with Gasteiger partial charge in [-0.1, -0.05) is 18.2 Å². The second-order valence-electron chi connectivity index (χ2n) is 6.55. The molecule has 2 aromatic rings. The third kappa shape index (κ3) is 8.45. The van der Waals surface area contributed by atoms with Crippen molar-refractivity contribution in [1.29, 1.82) is 0 Å². The van der Waals surface area contributed by atoms with Crippen molar-refractivity contribution < 1.29 is 23.6 Å². The Labute approximate surface area is 158 Å². The van der Waals surface area contributed by atoms with Crippen LogP contribution in [0.15, 0.2) is 42.5 Å². The van der Waals surface area contributed by atoms with E-state index in [9.17, 15) is 4.57 Å². The lowest BCUT2D eigenvalue weighted by atomic mass is 9.98. The van der Waals surface area contributed by atoms with Crippen LogP contribution >= 0.6 is 19.2 Å². The van der Waals surface area contributed by atoms with E-state index in [2.05, 4.69) is 16.7 Å². The van der Waals surface area contributed by atoms with Gasteiger partial charge in [0.2, 0.25) is 0 Å². The fourth-order valence-electron chi connectivity index (χ4n) is 2.36. The van der Waals surface area contributed by atoms with Gasteiger partial charge in [-0.25, -0.2) is 4.57 Å². The van der Waals surface area contributed by atoms with Crippen molar-refractivity contribution in [3.63, 3.8) is 0 Å². The molecule has 1 unspecified atom stereocenters. The molecule has 0 spiro atoms. The Bertz CT molecular complexity index is 713. The van der Waals surface area contributed by atoms with E-state index in [4.69, 9.17) is 20.3 Å². The maximum atomic E-state index is 10.8. The minimum absolute atomic E-state index is 0.174. The highest BCUT2D eigenvalue weighted by atomic mass is 32.1. The monoisotopic (exact) mass is 399 g/mol. The number of aryl methyl sites for hydroxylation is 2. The van der Waals surface area contributed by atoms with Crippen LogP contribution in [0.2, 0.25) is 0 Å². The van der Waals surface area contributed by atoms with E-state index in [1.165, 1.54) is 9.75 Å². The minimum Gasteiger partial charge on any atom is -0.494 e. The van der Waals surface area contributed by atoms with Gasteiger partial charge in [0, 0.05) is 15.3 Å². The number of rotatable bonds is 11. The maximum Gasteiger partial charge on any atom is 0.469 e. The predicted octanol–water partition coefficient (Wildman–Crippen LogP) is 3.52. The first-order valence-corrected chi connectivity index (χ1v) is 10.8. The van der Waals surface area contributed by atoms with Gasteiger partial charge in [0.25, 0.3) is 0 Å². The molecule has 0 radical (unpaired) electrons. The van der Waals surface area contributed by atoms with Crippen molar-refractivity contribution in [3.05, 3.63) is 52.2 Å². The number of phosphoric acid groups is 1. The molecule has 6 nitrogen and oxygen atoms in total. The Kier molecular flexibility index (Phi) is 7.83. The van der Waals surface area contributed by atoms with E-state index >= 15 is 0 Å². The molecule has 1 aromatic carbocycles. The van der Waals surface area contributed by atoms with E-state index in [0.29, 0.717) is 13.0 Å². The summed E-state index contributed by atoms with van der Waals surface area (Å²) in [5, 5.41) is 0. The Morgan fingerprint density at radius 1 is 1.12 bits per heavy atom. The van der Waals surface area contributed by atoms with E-state index in [1.54, 1.807) is 18.3 Å². The summed E-state index contributed by atoms with van der Waals surface area (Å²) in [5.41, 5.74) is 5.27. The molecule has 0 aliphatic carbocycles. The quantitative estimate of drug-likeness (QED) is 0.395. The maximum absolute atomic E-state index is 10.8. The van der Waals surface area contributed by atoms with Gasteiger partial charge in [0.1, 0.15) is 5.75 Å². The van der Waals surface area contributed by atoms with Crippen molar-refractivity contribution in [2.24, 2.45) is 5.73 Å². The third-order valence-corrected chi connectivity index (χ3v) is 5.47. The van der Waals surface area contributed by atoms with Crippen LogP contribution in [0.3, 0.4) is 0 Å². The highest BCUT2D eigenvalue weighted by molar-refractivity contribution is 7.46. The van der Waals surface area contributed by atoms with Crippen LogP contribution < -0.4 is 10.5 Å². The first-order valence-electron chi connectivity index (χ1n) is 8.48. The molecule has 1 heterocycles. The summed E-state index contributed by atoms with van der Waals surface area (Å²) in [4.78, 5) is 20.0. The van der Waals surface area contributed by atoms with Crippen molar-refractivity contribution in [3.8, 4) is 5.75 Å². The highest BCUT2D eigenvalue weighted by Crippen LogP contribution is 2.37. The number of ether oxygens (including phenoxy) is 1. The van der Waals surface area contributed by atoms with E-state index in [-0.39, 0.29) is 6.61 Å². The van der Waals surface area contributed by atoms with E-state index < -0.39 is 13.4 Å². The smallest absolute Gasteiger partial charge is 0.469 e. The molecular formula is C18H26NO5PS. The van der Waals surface area contributed by atoms with Gasteiger partial charge in [-0.05, 0) is 56.9 Å². The zero-order valence-electron chi connectivity index (χ0n) is 14.8. The Balaban J connectivity index is 1.69. The van der Waals surface area contributed by atoms with Gasteiger partial charge >= 0.3 is 7.82 Å². The van der Waals surface area contributed by atoms with Crippen molar-refractivity contribution in [2.75, 3.05) is 13.2 Å². The standard InChI is InChI=1S/C18H26NO5PS/c1-18(19,14-24-25(20,21)22)12-11-17-10-9-16(26-17)8-5-13-23-15-6-3-2-4-7-15/h2-4,6-7,9-10H,5,8,11-14,19H2,1H3,(H2,20,21,22). The summed E-state index contributed by atoms with van der Waals surface area (Å²) in [7, 11) is -4.48. The summed E-state index contributed by atoms with van der Waals surface area (Å²) in [6, 6.07) is 14.0. The molecule has 26 heavy (non-hydrogen) atoms. The fraction of sp³-hybridized carbons (Fsp3) is 0.444. The molecule has 4 N–H and O–H groups in total. The molecule has 144 valence electrons. The average Bonchev–Trinajstić information content (AvgIpc) is 3.04. The van der Waals surface area contributed by atoms with Crippen molar-refractivity contribution >= 4 is 19.2 Å². The van der Waals surface area contributed by atoms with Gasteiger partial charge in [-0.15, -0.1) is 11.3 Å². The molecule has 1 atom stereocenters. The minimum atomic E-state index is -4.48. The number of nitrogens with two attached hydrogens (primary N) is 1. The SMILES string of the molecule is CC(N)(CCc1ccc(CCCOc2ccccc2)s1)COP(=O)(O)O. The van der Waals surface area contributed by atoms with Crippen LogP contribution in [0.4, 0.5) is 0 Å². The number of para-hydroxylation sites is 1. The van der Waals surface area contributed by atoms with Crippen LogP contribution in [0.1, 0.15) is 29.5 Å². The zero-order chi connectivity index (χ0) is 19.0. The lowest BCUT2D eigenvalue weighted by Gasteiger charge is -2.24. The van der Waals surface area contributed by atoms with Crippen molar-refractivity contribution in [2.45, 2.75) is 38.1 Å². The van der Waals surface area contributed by atoms with Gasteiger partial charge in [-0.2, -0.15) is 0 Å². The zero-order valence-corrected chi connectivity index (χ0v) is 16.5. The normalized spacial score (nSPS) is 14.2. The van der Waals surface area contributed by atoms with Gasteiger partial charge in [0.05, 0.1) is 13.2 Å². The van der Waals surface area contributed by atoms with Crippen molar-refractivity contribution in [1.82, 2.24) is 0 Å². The summed E-state index contributed by atoms with van der Waals surface area (Å²) in [6.45, 7) is 2.24. The summed E-state index contributed by atoms with van der Waals surface area (Å²) < 4.78 is 21.0. The largest absolute Gasteiger partial charge is 0.494 e. The molecule has 1 aromatic heterocycles. The predicted molar refractivity (Wildman–Crippen MR) is 103 cm³/mol. The molecule has 0 saturated carbocycles. The first-order chi connectivity index (χ1) is 12.2. The van der Waals surface area contributed by atoms with Crippen LogP contribution in [-0.4, -0.2) is 28.5 Å². The Morgan fingerprint density at radius 2 is 1.77 bits per heavy atom. The fourth-order valence-corrected chi connectivity index (χ4v) is 3.88. The number of benzene rings is 1. The van der Waals surface area contributed by atoms with E-state index in [1.807, 2.05) is 30.3 Å². The molecule has 0 fully saturated rings. The first kappa shape index (κ1) is 21.1. The molecule has 0 saturated heterocycles. The van der Waals surface area contributed by atoms with Crippen LogP contribution in [0, 0.1) is 0 Å². The van der Waals surface area contributed by atoms with Gasteiger partial charge in [0.15, 0.2) is 0 Å². The second-order valence-corrected chi connectivity index (χ2v) is 9.04. The summed E-state index contributed by atoms with van der Waals surface area (Å²) in [5.74, 6) is 0.888.